The molecule has 0 aliphatic carbocycles. The fourth-order valence-corrected chi connectivity index (χ4v) is 2.23. The second-order valence-electron chi connectivity index (χ2n) is 5.22. The Labute approximate surface area is 136 Å². The zero-order chi connectivity index (χ0) is 16.8. The lowest BCUT2D eigenvalue weighted by Crippen LogP contribution is -2.39. The van der Waals surface area contributed by atoms with Gasteiger partial charge < -0.3 is 10.4 Å². The number of allylic oxidation sites excluding steroid dienone is 1. The highest BCUT2D eigenvalue weighted by molar-refractivity contribution is 5.91. The van der Waals surface area contributed by atoms with Crippen molar-refractivity contribution in [3.8, 4) is 5.75 Å². The molecule has 2 aromatic carbocycles. The predicted octanol–water partition coefficient (Wildman–Crippen LogP) is 3.70. The van der Waals surface area contributed by atoms with E-state index < -0.39 is 0 Å². The van der Waals surface area contributed by atoms with Crippen molar-refractivity contribution in [3.05, 3.63) is 65.2 Å². The van der Waals surface area contributed by atoms with Crippen LogP contribution >= 0.6 is 0 Å². The van der Waals surface area contributed by atoms with Crippen LogP contribution in [0.25, 0.3) is 5.70 Å². The first-order valence-electron chi connectivity index (χ1n) is 7.36. The summed E-state index contributed by atoms with van der Waals surface area (Å²) in [5.74, 6) is 0.199. The number of amides is 2. The number of aromatic hydroxyl groups is 1. The van der Waals surface area contributed by atoms with Gasteiger partial charge in [0.1, 0.15) is 5.75 Å². The van der Waals surface area contributed by atoms with E-state index in [4.69, 9.17) is 0 Å². The summed E-state index contributed by atoms with van der Waals surface area (Å²) in [6.45, 7) is 5.76. The van der Waals surface area contributed by atoms with E-state index in [1.165, 1.54) is 0 Å². The van der Waals surface area contributed by atoms with Crippen LogP contribution in [-0.2, 0) is 0 Å². The van der Waals surface area contributed by atoms with Crippen LogP contribution in [0.1, 0.15) is 23.6 Å². The van der Waals surface area contributed by atoms with Crippen LogP contribution in [0, 0.1) is 13.8 Å². The Morgan fingerprint density at radius 3 is 2.17 bits per heavy atom. The highest BCUT2D eigenvalue weighted by Gasteiger charge is 2.07. The maximum atomic E-state index is 12.1. The van der Waals surface area contributed by atoms with Crippen LogP contribution in [0.2, 0.25) is 0 Å². The molecule has 0 unspecified atom stereocenters. The molecule has 0 fully saturated rings. The SMILES string of the molecule is C/C=C(\NNC(=O)Nc1c(C)cccc1C)c1ccc(O)cc1. The number of carbonyl (C=O) groups is 1. The first-order chi connectivity index (χ1) is 11.0. The van der Waals surface area contributed by atoms with Crippen molar-refractivity contribution in [2.24, 2.45) is 0 Å². The lowest BCUT2D eigenvalue weighted by molar-refractivity contribution is 0.250. The lowest BCUT2D eigenvalue weighted by Gasteiger charge is -2.15. The maximum absolute atomic E-state index is 12.1. The number of phenols is 1. The summed E-state index contributed by atoms with van der Waals surface area (Å²) in [6, 6.07) is 12.2. The first-order valence-corrected chi connectivity index (χ1v) is 7.36. The number of phenolic OH excluding ortho intramolecular Hbond substituents is 1. The molecule has 0 saturated carbocycles. The number of benzene rings is 2. The fourth-order valence-electron chi connectivity index (χ4n) is 2.23. The van der Waals surface area contributed by atoms with Crippen LogP contribution in [0.15, 0.2) is 48.5 Å². The molecule has 0 radical (unpaired) electrons. The van der Waals surface area contributed by atoms with Crippen molar-refractivity contribution >= 4 is 17.4 Å². The van der Waals surface area contributed by atoms with Crippen LogP contribution in [0.5, 0.6) is 5.75 Å². The van der Waals surface area contributed by atoms with Crippen LogP contribution < -0.4 is 16.2 Å². The molecule has 0 heterocycles. The third-order valence-electron chi connectivity index (χ3n) is 3.50. The van der Waals surface area contributed by atoms with Gasteiger partial charge in [-0.05, 0) is 61.7 Å². The average molecular weight is 311 g/mol. The average Bonchev–Trinajstić information content (AvgIpc) is 2.53. The Kier molecular flexibility index (Phi) is 5.25. The quantitative estimate of drug-likeness (QED) is 0.651. The Hall–Kier alpha value is -2.95. The molecular formula is C18H21N3O2. The minimum Gasteiger partial charge on any atom is -0.508 e. The van der Waals surface area contributed by atoms with E-state index in [9.17, 15) is 9.90 Å². The summed E-state index contributed by atoms with van der Waals surface area (Å²) in [7, 11) is 0. The molecule has 0 spiro atoms. The number of nitrogens with one attached hydrogen (secondary N) is 3. The predicted molar refractivity (Wildman–Crippen MR) is 93.0 cm³/mol. The molecule has 0 aliphatic rings. The highest BCUT2D eigenvalue weighted by atomic mass is 16.3. The van der Waals surface area contributed by atoms with Crippen molar-refractivity contribution in [1.29, 1.82) is 0 Å². The summed E-state index contributed by atoms with van der Waals surface area (Å²) in [5.41, 5.74) is 9.91. The van der Waals surface area contributed by atoms with E-state index in [-0.39, 0.29) is 11.8 Å². The van der Waals surface area contributed by atoms with Gasteiger partial charge in [-0.15, -0.1) is 0 Å². The Morgan fingerprint density at radius 2 is 1.61 bits per heavy atom. The smallest absolute Gasteiger partial charge is 0.337 e. The normalized spacial score (nSPS) is 11.0. The molecule has 2 amide bonds. The molecule has 0 atom stereocenters. The van der Waals surface area contributed by atoms with Gasteiger partial charge >= 0.3 is 6.03 Å². The second-order valence-corrected chi connectivity index (χ2v) is 5.22. The number of rotatable bonds is 4. The molecule has 4 N–H and O–H groups in total. The molecule has 2 aromatic rings. The van der Waals surface area contributed by atoms with Gasteiger partial charge in [0.25, 0.3) is 0 Å². The standard InChI is InChI=1S/C18H21N3O2/c1-4-16(14-8-10-15(22)11-9-14)20-21-18(23)19-17-12(2)6-5-7-13(17)3/h4-11,20,22H,1-3H3,(H2,19,21,23)/b16-4-. The Morgan fingerprint density at radius 1 is 1.00 bits per heavy atom. The van der Waals surface area contributed by atoms with Gasteiger partial charge in [0.05, 0.1) is 5.70 Å². The Bertz CT molecular complexity index is 701. The number of hydrazine groups is 1. The summed E-state index contributed by atoms with van der Waals surface area (Å²) >= 11 is 0. The summed E-state index contributed by atoms with van der Waals surface area (Å²) in [4.78, 5) is 12.1. The first kappa shape index (κ1) is 16.4. The molecule has 23 heavy (non-hydrogen) atoms. The summed E-state index contributed by atoms with van der Waals surface area (Å²) in [5, 5.41) is 12.2. The monoisotopic (exact) mass is 311 g/mol. The Balaban J connectivity index is 1.99. The molecule has 5 heteroatoms. The molecule has 0 saturated heterocycles. The van der Waals surface area contributed by atoms with E-state index in [0.29, 0.717) is 0 Å². The third-order valence-corrected chi connectivity index (χ3v) is 3.50. The van der Waals surface area contributed by atoms with Gasteiger partial charge in [0.15, 0.2) is 0 Å². The number of aryl methyl sites for hydroxylation is 2. The molecule has 120 valence electrons. The molecular weight excluding hydrogens is 290 g/mol. The fraction of sp³-hybridized carbons (Fsp3) is 0.167. The van der Waals surface area contributed by atoms with Crippen molar-refractivity contribution in [2.45, 2.75) is 20.8 Å². The van der Waals surface area contributed by atoms with E-state index in [1.54, 1.807) is 24.3 Å². The largest absolute Gasteiger partial charge is 0.508 e. The van der Waals surface area contributed by atoms with Gasteiger partial charge in [0.2, 0.25) is 0 Å². The minimum absolute atomic E-state index is 0.199. The van der Waals surface area contributed by atoms with Crippen LogP contribution in [0.4, 0.5) is 10.5 Å². The third kappa shape index (κ3) is 4.26. The van der Waals surface area contributed by atoms with Gasteiger partial charge in [-0.1, -0.05) is 24.3 Å². The van der Waals surface area contributed by atoms with Crippen molar-refractivity contribution in [1.82, 2.24) is 10.9 Å². The van der Waals surface area contributed by atoms with Gasteiger partial charge in [0, 0.05) is 5.69 Å². The lowest BCUT2D eigenvalue weighted by atomic mass is 10.1. The van der Waals surface area contributed by atoms with Gasteiger partial charge in [-0.3, -0.25) is 10.9 Å². The number of para-hydroxylation sites is 1. The zero-order valence-electron chi connectivity index (χ0n) is 13.5. The number of anilines is 1. The van der Waals surface area contributed by atoms with Gasteiger partial charge in [-0.25, -0.2) is 4.79 Å². The number of carbonyl (C=O) groups excluding carboxylic acids is 1. The number of hydrogen-bond acceptors (Lipinski definition) is 3. The van der Waals surface area contributed by atoms with E-state index in [1.807, 2.05) is 45.0 Å². The molecule has 0 aliphatic heterocycles. The second kappa shape index (κ2) is 7.35. The van der Waals surface area contributed by atoms with Crippen molar-refractivity contribution in [2.75, 3.05) is 5.32 Å². The topological polar surface area (TPSA) is 73.4 Å². The van der Waals surface area contributed by atoms with E-state index in [2.05, 4.69) is 16.2 Å². The summed E-state index contributed by atoms with van der Waals surface area (Å²) in [6.07, 6.45) is 1.84. The molecule has 2 rings (SSSR count). The summed E-state index contributed by atoms with van der Waals surface area (Å²) < 4.78 is 0. The minimum atomic E-state index is -0.347. The van der Waals surface area contributed by atoms with Crippen LogP contribution in [-0.4, -0.2) is 11.1 Å². The molecule has 0 bridgehead atoms. The number of urea groups is 1. The molecule has 5 nitrogen and oxygen atoms in total. The van der Waals surface area contributed by atoms with E-state index in [0.717, 1.165) is 28.1 Å². The zero-order valence-corrected chi connectivity index (χ0v) is 13.5. The van der Waals surface area contributed by atoms with Crippen molar-refractivity contribution in [3.63, 3.8) is 0 Å². The highest BCUT2D eigenvalue weighted by Crippen LogP contribution is 2.19. The maximum Gasteiger partial charge on any atom is 0.337 e. The van der Waals surface area contributed by atoms with Crippen molar-refractivity contribution < 1.29 is 9.90 Å². The number of hydrogen-bond donors (Lipinski definition) is 4. The molecule has 0 aromatic heterocycles. The van der Waals surface area contributed by atoms with Gasteiger partial charge in [-0.2, -0.15) is 0 Å². The van der Waals surface area contributed by atoms with Crippen LogP contribution in [0.3, 0.4) is 0 Å². The van der Waals surface area contributed by atoms with E-state index >= 15 is 0 Å².